The molecule has 2 atom stereocenters. The largest absolute Gasteiger partial charge is 0.481 e. The average molecular weight is 287 g/mol. The first-order valence-electron chi connectivity index (χ1n) is 6.50. The van der Waals surface area contributed by atoms with Crippen LogP contribution >= 0.6 is 0 Å². The van der Waals surface area contributed by atoms with Crippen LogP contribution in [-0.2, 0) is 11.0 Å². The van der Waals surface area contributed by atoms with Gasteiger partial charge in [-0.3, -0.25) is 4.79 Å². The Labute approximate surface area is 114 Å². The number of halogens is 3. The van der Waals surface area contributed by atoms with Crippen molar-refractivity contribution in [1.29, 1.82) is 0 Å². The summed E-state index contributed by atoms with van der Waals surface area (Å²) in [6.07, 6.45) is -2.91. The highest BCUT2D eigenvalue weighted by molar-refractivity contribution is 5.76. The van der Waals surface area contributed by atoms with E-state index >= 15 is 0 Å². The second-order valence-electron chi connectivity index (χ2n) is 5.05. The molecule has 110 valence electrons. The second kappa shape index (κ2) is 5.83. The standard InChI is InChI=1S/C14H16F3NO2/c15-14(16,17)11-5-1-3-9(7-11)12(13(19)20)10-4-2-6-18-8-10/h1,3,5,7,10,12,18H,2,4,6,8H2,(H,19,20). The summed E-state index contributed by atoms with van der Waals surface area (Å²) in [4.78, 5) is 11.5. The normalized spacial score (nSPS) is 21.4. The van der Waals surface area contributed by atoms with Gasteiger partial charge in [-0.1, -0.05) is 18.2 Å². The minimum atomic E-state index is -4.45. The van der Waals surface area contributed by atoms with Gasteiger partial charge in [0.1, 0.15) is 0 Å². The minimum Gasteiger partial charge on any atom is -0.481 e. The van der Waals surface area contributed by atoms with E-state index in [0.717, 1.165) is 25.1 Å². The average Bonchev–Trinajstić information content (AvgIpc) is 2.39. The second-order valence-corrected chi connectivity index (χ2v) is 5.05. The zero-order chi connectivity index (χ0) is 14.8. The van der Waals surface area contributed by atoms with Gasteiger partial charge in [-0.05, 0) is 43.5 Å². The van der Waals surface area contributed by atoms with Crippen molar-refractivity contribution in [3.8, 4) is 0 Å². The lowest BCUT2D eigenvalue weighted by Gasteiger charge is -2.28. The molecule has 20 heavy (non-hydrogen) atoms. The Bertz CT molecular complexity index is 482. The van der Waals surface area contributed by atoms with Crippen molar-refractivity contribution < 1.29 is 23.1 Å². The van der Waals surface area contributed by atoms with Gasteiger partial charge in [0.2, 0.25) is 0 Å². The van der Waals surface area contributed by atoms with Crippen LogP contribution in [0.15, 0.2) is 24.3 Å². The SMILES string of the molecule is O=C(O)C(c1cccc(C(F)(F)F)c1)C1CCCNC1. The highest BCUT2D eigenvalue weighted by atomic mass is 19.4. The fraction of sp³-hybridized carbons (Fsp3) is 0.500. The third-order valence-electron chi connectivity index (χ3n) is 3.65. The van der Waals surface area contributed by atoms with Crippen molar-refractivity contribution in [2.45, 2.75) is 24.9 Å². The molecule has 1 heterocycles. The van der Waals surface area contributed by atoms with Crippen LogP contribution in [0.1, 0.15) is 29.9 Å². The Morgan fingerprint density at radius 2 is 2.15 bits per heavy atom. The van der Waals surface area contributed by atoms with Crippen molar-refractivity contribution in [3.63, 3.8) is 0 Å². The number of hydrogen-bond donors (Lipinski definition) is 2. The van der Waals surface area contributed by atoms with Gasteiger partial charge in [0.15, 0.2) is 0 Å². The number of aliphatic carboxylic acids is 1. The first kappa shape index (κ1) is 14.8. The topological polar surface area (TPSA) is 49.3 Å². The van der Waals surface area contributed by atoms with Gasteiger partial charge in [0, 0.05) is 0 Å². The fourth-order valence-electron chi connectivity index (χ4n) is 2.69. The molecule has 0 aliphatic carbocycles. The molecule has 1 aromatic carbocycles. The van der Waals surface area contributed by atoms with Gasteiger partial charge in [0.05, 0.1) is 11.5 Å². The number of benzene rings is 1. The predicted molar refractivity (Wildman–Crippen MR) is 67.4 cm³/mol. The number of nitrogens with one attached hydrogen (secondary N) is 1. The number of hydrogen-bond acceptors (Lipinski definition) is 2. The van der Waals surface area contributed by atoms with E-state index < -0.39 is 23.6 Å². The molecule has 1 aromatic rings. The smallest absolute Gasteiger partial charge is 0.416 e. The first-order chi connectivity index (χ1) is 9.39. The van der Waals surface area contributed by atoms with Crippen LogP contribution < -0.4 is 5.32 Å². The van der Waals surface area contributed by atoms with Crippen LogP contribution in [0.25, 0.3) is 0 Å². The maximum absolute atomic E-state index is 12.7. The number of alkyl halides is 3. The van der Waals surface area contributed by atoms with Crippen LogP contribution in [-0.4, -0.2) is 24.2 Å². The third kappa shape index (κ3) is 3.30. The summed E-state index contributed by atoms with van der Waals surface area (Å²) in [6, 6.07) is 4.64. The van der Waals surface area contributed by atoms with Crippen molar-refractivity contribution in [3.05, 3.63) is 35.4 Å². The molecular weight excluding hydrogens is 271 g/mol. The molecule has 1 saturated heterocycles. The quantitative estimate of drug-likeness (QED) is 0.898. The Kier molecular flexibility index (Phi) is 4.32. The number of piperidine rings is 1. The molecule has 2 rings (SSSR count). The van der Waals surface area contributed by atoms with Crippen LogP contribution in [0.2, 0.25) is 0 Å². The number of rotatable bonds is 3. The summed E-state index contributed by atoms with van der Waals surface area (Å²) >= 11 is 0. The number of carbonyl (C=O) groups is 1. The number of carboxylic acids is 1. The maximum Gasteiger partial charge on any atom is 0.416 e. The summed E-state index contributed by atoms with van der Waals surface area (Å²) in [5.41, 5.74) is -0.578. The van der Waals surface area contributed by atoms with E-state index in [9.17, 15) is 23.1 Å². The zero-order valence-electron chi connectivity index (χ0n) is 10.8. The van der Waals surface area contributed by atoms with Crippen LogP contribution in [0, 0.1) is 5.92 Å². The molecule has 0 saturated carbocycles. The number of carboxylic acid groups (broad SMARTS) is 1. The molecule has 3 nitrogen and oxygen atoms in total. The summed E-state index contributed by atoms with van der Waals surface area (Å²) in [5, 5.41) is 12.5. The molecule has 0 aromatic heterocycles. The van der Waals surface area contributed by atoms with Crippen molar-refractivity contribution in [2.75, 3.05) is 13.1 Å². The summed E-state index contributed by atoms with van der Waals surface area (Å²) in [6.45, 7) is 1.35. The van der Waals surface area contributed by atoms with E-state index in [4.69, 9.17) is 0 Å². The fourth-order valence-corrected chi connectivity index (χ4v) is 2.69. The van der Waals surface area contributed by atoms with E-state index in [2.05, 4.69) is 5.32 Å². The van der Waals surface area contributed by atoms with Gasteiger partial charge in [-0.2, -0.15) is 13.2 Å². The predicted octanol–water partition coefficient (Wildman–Crippen LogP) is 2.87. The van der Waals surface area contributed by atoms with E-state index in [1.807, 2.05) is 0 Å². The van der Waals surface area contributed by atoms with Crippen LogP contribution in [0.4, 0.5) is 13.2 Å². The molecule has 0 amide bonds. The lowest BCUT2D eigenvalue weighted by Crippen LogP contribution is -2.36. The van der Waals surface area contributed by atoms with E-state index in [-0.39, 0.29) is 11.5 Å². The highest BCUT2D eigenvalue weighted by Gasteiger charge is 2.34. The van der Waals surface area contributed by atoms with E-state index in [1.165, 1.54) is 12.1 Å². The van der Waals surface area contributed by atoms with E-state index in [1.54, 1.807) is 0 Å². The molecule has 1 aliphatic rings. The van der Waals surface area contributed by atoms with Crippen LogP contribution in [0.3, 0.4) is 0 Å². The van der Waals surface area contributed by atoms with Crippen molar-refractivity contribution >= 4 is 5.97 Å². The zero-order valence-corrected chi connectivity index (χ0v) is 10.8. The van der Waals surface area contributed by atoms with Gasteiger partial charge in [0.25, 0.3) is 0 Å². The summed E-state index contributed by atoms with van der Waals surface area (Å²) in [5.74, 6) is -2.15. The Balaban J connectivity index is 2.32. The Morgan fingerprint density at radius 1 is 1.40 bits per heavy atom. The first-order valence-corrected chi connectivity index (χ1v) is 6.50. The Hall–Kier alpha value is -1.56. The molecule has 2 unspecified atom stereocenters. The van der Waals surface area contributed by atoms with Crippen LogP contribution in [0.5, 0.6) is 0 Å². The molecular formula is C14H16F3NO2. The minimum absolute atomic E-state index is 0.176. The summed E-state index contributed by atoms with van der Waals surface area (Å²) < 4.78 is 38.1. The molecule has 2 N–H and O–H groups in total. The lowest BCUT2D eigenvalue weighted by molar-refractivity contribution is -0.141. The summed E-state index contributed by atoms with van der Waals surface area (Å²) in [7, 11) is 0. The molecule has 1 fully saturated rings. The molecule has 0 bridgehead atoms. The Morgan fingerprint density at radius 3 is 2.70 bits per heavy atom. The molecule has 6 heteroatoms. The molecule has 0 radical (unpaired) electrons. The highest BCUT2D eigenvalue weighted by Crippen LogP contribution is 2.34. The lowest BCUT2D eigenvalue weighted by atomic mass is 9.81. The van der Waals surface area contributed by atoms with E-state index in [0.29, 0.717) is 13.0 Å². The van der Waals surface area contributed by atoms with Crippen molar-refractivity contribution in [1.82, 2.24) is 5.32 Å². The van der Waals surface area contributed by atoms with Crippen molar-refractivity contribution in [2.24, 2.45) is 5.92 Å². The third-order valence-corrected chi connectivity index (χ3v) is 3.65. The van der Waals surface area contributed by atoms with Gasteiger partial charge in [-0.15, -0.1) is 0 Å². The van der Waals surface area contributed by atoms with Gasteiger partial charge >= 0.3 is 12.1 Å². The molecule has 1 aliphatic heterocycles. The van der Waals surface area contributed by atoms with Gasteiger partial charge in [-0.25, -0.2) is 0 Å². The van der Waals surface area contributed by atoms with Gasteiger partial charge < -0.3 is 10.4 Å². The molecule has 0 spiro atoms. The monoisotopic (exact) mass is 287 g/mol. The maximum atomic E-state index is 12.7.